The Hall–Kier alpha value is -3.24. The Morgan fingerprint density at radius 2 is 1.90 bits per heavy atom. The number of esters is 1. The van der Waals surface area contributed by atoms with E-state index in [0.717, 1.165) is 40.9 Å². The van der Waals surface area contributed by atoms with Crippen molar-refractivity contribution < 1.29 is 14.3 Å². The molecule has 1 aromatic heterocycles. The molecule has 6 nitrogen and oxygen atoms in total. The number of hydrogen-bond donors (Lipinski definition) is 1. The average molecular weight is 420 g/mol. The maximum atomic E-state index is 12.8. The number of fused-ring (bicyclic) bond motifs is 1. The third-order valence-corrected chi connectivity index (χ3v) is 6.51. The van der Waals surface area contributed by atoms with Crippen LogP contribution in [0.1, 0.15) is 42.2 Å². The first-order valence-corrected chi connectivity index (χ1v) is 10.8. The van der Waals surface area contributed by atoms with Crippen molar-refractivity contribution >= 4 is 39.1 Å². The number of carbonyl (C=O) groups excluding carboxylic acids is 2. The molecule has 1 aliphatic rings. The minimum atomic E-state index is -0.402. The molecular formula is C23H21N3O3S. The lowest BCUT2D eigenvalue weighted by Crippen LogP contribution is -2.30. The largest absolute Gasteiger partial charge is 0.455 e. The summed E-state index contributed by atoms with van der Waals surface area (Å²) in [5.41, 5.74) is 2.02. The number of amides is 1. The van der Waals surface area contributed by atoms with Gasteiger partial charge in [-0.3, -0.25) is 9.59 Å². The number of anilines is 1. The van der Waals surface area contributed by atoms with Gasteiger partial charge >= 0.3 is 5.97 Å². The van der Waals surface area contributed by atoms with Crippen molar-refractivity contribution in [3.63, 3.8) is 0 Å². The van der Waals surface area contributed by atoms with Crippen LogP contribution in [0.2, 0.25) is 0 Å². The lowest BCUT2D eigenvalue weighted by Gasteiger charge is -2.28. The average Bonchev–Trinajstić information content (AvgIpc) is 3.22. The van der Waals surface area contributed by atoms with Gasteiger partial charge in [-0.1, -0.05) is 25.0 Å². The summed E-state index contributed by atoms with van der Waals surface area (Å²) in [6.07, 6.45) is 3.68. The second-order valence-electron chi connectivity index (χ2n) is 7.36. The van der Waals surface area contributed by atoms with E-state index >= 15 is 0 Å². The SMILES string of the molecule is N#Cc1ccc(NC(=O)COC(=O)[C@H]2CCCC[C@@H]2c2nc3ccccc3s2)cc1. The van der Waals surface area contributed by atoms with Gasteiger partial charge in [-0.15, -0.1) is 11.3 Å². The van der Waals surface area contributed by atoms with Crippen LogP contribution in [0, 0.1) is 17.2 Å². The Morgan fingerprint density at radius 3 is 2.67 bits per heavy atom. The molecule has 1 saturated carbocycles. The van der Waals surface area contributed by atoms with Gasteiger partial charge in [-0.25, -0.2) is 4.98 Å². The fourth-order valence-electron chi connectivity index (χ4n) is 3.83. The lowest BCUT2D eigenvalue weighted by molar-refractivity contribution is -0.153. The number of hydrogen-bond acceptors (Lipinski definition) is 6. The number of carbonyl (C=O) groups is 2. The number of nitriles is 1. The van der Waals surface area contributed by atoms with Gasteiger partial charge in [0.25, 0.3) is 5.91 Å². The van der Waals surface area contributed by atoms with Crippen molar-refractivity contribution in [2.75, 3.05) is 11.9 Å². The van der Waals surface area contributed by atoms with Crippen LogP contribution in [0.4, 0.5) is 5.69 Å². The Bertz CT molecular complexity index is 1070. The van der Waals surface area contributed by atoms with Gasteiger partial charge in [0.1, 0.15) is 0 Å². The van der Waals surface area contributed by atoms with Crippen molar-refractivity contribution in [2.45, 2.75) is 31.6 Å². The van der Waals surface area contributed by atoms with Crippen LogP contribution >= 0.6 is 11.3 Å². The van der Waals surface area contributed by atoms with Crippen molar-refractivity contribution in [3.05, 3.63) is 59.1 Å². The highest BCUT2D eigenvalue weighted by Gasteiger charge is 2.35. The molecule has 1 amide bonds. The number of rotatable bonds is 5. The fraction of sp³-hybridized carbons (Fsp3) is 0.304. The standard InChI is InChI=1S/C23H21N3O3S/c24-13-15-9-11-16(12-10-15)25-21(27)14-29-23(28)18-6-2-1-5-17(18)22-26-19-7-3-4-8-20(19)30-22/h3-4,7-12,17-18H,1-2,5-6,14H2,(H,25,27)/t17-,18-/m0/s1. The lowest BCUT2D eigenvalue weighted by atomic mass is 9.79. The first kappa shape index (κ1) is 20.0. The molecule has 2 atom stereocenters. The maximum absolute atomic E-state index is 12.8. The molecule has 0 spiro atoms. The molecule has 1 fully saturated rings. The molecule has 1 heterocycles. The molecule has 1 aliphatic carbocycles. The van der Waals surface area contributed by atoms with Gasteiger partial charge in [0, 0.05) is 11.6 Å². The van der Waals surface area contributed by atoms with Crippen LogP contribution in [0.25, 0.3) is 10.2 Å². The van der Waals surface area contributed by atoms with Crippen LogP contribution in [0.3, 0.4) is 0 Å². The first-order valence-electron chi connectivity index (χ1n) is 9.96. The topological polar surface area (TPSA) is 92.1 Å². The predicted octanol–water partition coefficient (Wildman–Crippen LogP) is 4.62. The predicted molar refractivity (Wildman–Crippen MR) is 115 cm³/mol. The molecular weight excluding hydrogens is 398 g/mol. The molecule has 0 aliphatic heterocycles. The third kappa shape index (κ3) is 4.50. The number of benzene rings is 2. The molecule has 0 unspecified atom stereocenters. The zero-order valence-electron chi connectivity index (χ0n) is 16.3. The Labute approximate surface area is 178 Å². The van der Waals surface area contributed by atoms with E-state index in [9.17, 15) is 9.59 Å². The monoisotopic (exact) mass is 419 g/mol. The van der Waals surface area contributed by atoms with Crippen molar-refractivity contribution in [1.82, 2.24) is 4.98 Å². The summed E-state index contributed by atoms with van der Waals surface area (Å²) in [5.74, 6) is -0.985. The molecule has 30 heavy (non-hydrogen) atoms. The van der Waals surface area contributed by atoms with E-state index in [1.165, 1.54) is 0 Å². The molecule has 4 rings (SSSR count). The highest BCUT2D eigenvalue weighted by molar-refractivity contribution is 7.18. The summed E-state index contributed by atoms with van der Waals surface area (Å²) in [6, 6.07) is 16.5. The Kier molecular flexibility index (Phi) is 6.05. The number of thiazole rings is 1. The van der Waals surface area contributed by atoms with E-state index in [1.54, 1.807) is 35.6 Å². The van der Waals surface area contributed by atoms with Crippen LogP contribution in [0.5, 0.6) is 0 Å². The van der Waals surface area contributed by atoms with Gasteiger partial charge in [-0.2, -0.15) is 5.26 Å². The summed E-state index contributed by atoms with van der Waals surface area (Å²) in [5, 5.41) is 12.5. The van der Waals surface area contributed by atoms with Gasteiger partial charge in [0.05, 0.1) is 32.8 Å². The van der Waals surface area contributed by atoms with Gasteiger partial charge < -0.3 is 10.1 Å². The quantitative estimate of drug-likeness (QED) is 0.609. The minimum Gasteiger partial charge on any atom is -0.455 e. The molecule has 0 saturated heterocycles. The van der Waals surface area contributed by atoms with Crippen molar-refractivity contribution in [1.29, 1.82) is 5.26 Å². The van der Waals surface area contributed by atoms with E-state index < -0.39 is 5.91 Å². The summed E-state index contributed by atoms with van der Waals surface area (Å²) >= 11 is 1.63. The third-order valence-electron chi connectivity index (χ3n) is 5.34. The zero-order valence-corrected chi connectivity index (χ0v) is 17.2. The molecule has 7 heteroatoms. The highest BCUT2D eigenvalue weighted by atomic mass is 32.1. The molecule has 3 aromatic rings. The molecule has 0 radical (unpaired) electrons. The minimum absolute atomic E-state index is 0.0326. The van der Waals surface area contributed by atoms with E-state index in [1.807, 2.05) is 30.3 Å². The van der Waals surface area contributed by atoms with Crippen LogP contribution in [0.15, 0.2) is 48.5 Å². The Morgan fingerprint density at radius 1 is 1.13 bits per heavy atom. The van der Waals surface area contributed by atoms with Crippen LogP contribution in [-0.2, 0) is 14.3 Å². The molecule has 1 N–H and O–H groups in total. The van der Waals surface area contributed by atoms with Gasteiger partial charge in [-0.05, 0) is 49.2 Å². The molecule has 0 bridgehead atoms. The highest BCUT2D eigenvalue weighted by Crippen LogP contribution is 2.41. The first-order chi connectivity index (χ1) is 14.6. The fourth-order valence-corrected chi connectivity index (χ4v) is 4.99. The number of ether oxygens (including phenoxy) is 1. The summed E-state index contributed by atoms with van der Waals surface area (Å²) in [6.45, 7) is -0.331. The summed E-state index contributed by atoms with van der Waals surface area (Å²) in [4.78, 5) is 29.7. The van der Waals surface area contributed by atoms with E-state index in [2.05, 4.69) is 5.32 Å². The van der Waals surface area contributed by atoms with E-state index in [4.69, 9.17) is 15.0 Å². The number of para-hydroxylation sites is 1. The van der Waals surface area contributed by atoms with E-state index in [0.29, 0.717) is 11.3 Å². The summed E-state index contributed by atoms with van der Waals surface area (Å²) < 4.78 is 6.48. The number of aromatic nitrogens is 1. The second-order valence-corrected chi connectivity index (χ2v) is 8.42. The smallest absolute Gasteiger partial charge is 0.310 e. The van der Waals surface area contributed by atoms with E-state index in [-0.39, 0.29) is 24.4 Å². The molecule has 152 valence electrons. The number of nitrogens with one attached hydrogen (secondary N) is 1. The van der Waals surface area contributed by atoms with Crippen molar-refractivity contribution in [2.24, 2.45) is 5.92 Å². The van der Waals surface area contributed by atoms with Crippen molar-refractivity contribution in [3.8, 4) is 6.07 Å². The number of nitrogens with zero attached hydrogens (tertiary/aromatic N) is 2. The maximum Gasteiger partial charge on any atom is 0.310 e. The van der Waals surface area contributed by atoms with Crippen LogP contribution < -0.4 is 5.32 Å². The molecule has 2 aromatic carbocycles. The second kappa shape index (κ2) is 9.06. The zero-order chi connectivity index (χ0) is 20.9. The van der Waals surface area contributed by atoms with Gasteiger partial charge in [0.15, 0.2) is 6.61 Å². The van der Waals surface area contributed by atoms with Gasteiger partial charge in [0.2, 0.25) is 0 Å². The normalized spacial score (nSPS) is 18.5. The van der Waals surface area contributed by atoms with Crippen LogP contribution in [-0.4, -0.2) is 23.5 Å². The Balaban J connectivity index is 1.38. The summed E-state index contributed by atoms with van der Waals surface area (Å²) in [7, 11) is 0.